The van der Waals surface area contributed by atoms with Crippen molar-refractivity contribution in [3.63, 3.8) is 0 Å². The molecule has 84 valence electrons. The molecule has 0 atom stereocenters. The molecule has 5 heteroatoms. The van der Waals surface area contributed by atoms with Crippen LogP contribution in [0.4, 0.5) is 0 Å². The minimum Gasteiger partial charge on any atom is -0.486 e. The van der Waals surface area contributed by atoms with Gasteiger partial charge in [0, 0.05) is 10.4 Å². The van der Waals surface area contributed by atoms with Crippen molar-refractivity contribution < 1.29 is 4.74 Å². The number of aryl methyl sites for hydroxylation is 1. The number of hydrogen-bond acceptors (Lipinski definition) is 3. The molecular formula is C11H9ClINOS. The predicted octanol–water partition coefficient (Wildman–Crippen LogP) is 4.29. The van der Waals surface area contributed by atoms with Gasteiger partial charge in [-0.1, -0.05) is 11.6 Å². The summed E-state index contributed by atoms with van der Waals surface area (Å²) in [5.74, 6) is 0.818. The monoisotopic (exact) mass is 365 g/mol. The van der Waals surface area contributed by atoms with Crippen molar-refractivity contribution >= 4 is 45.5 Å². The number of halogens is 2. The summed E-state index contributed by atoms with van der Waals surface area (Å²) in [4.78, 5) is 4.16. The highest BCUT2D eigenvalue weighted by Gasteiger charge is 2.06. The molecule has 0 aliphatic rings. The summed E-state index contributed by atoms with van der Waals surface area (Å²) in [7, 11) is 0. The largest absolute Gasteiger partial charge is 0.486 e. The Morgan fingerprint density at radius 1 is 1.50 bits per heavy atom. The lowest BCUT2D eigenvalue weighted by Crippen LogP contribution is -1.98. The summed E-state index contributed by atoms with van der Waals surface area (Å²) in [6, 6.07) is 3.77. The highest BCUT2D eigenvalue weighted by Crippen LogP contribution is 2.29. The van der Waals surface area contributed by atoms with E-state index in [-0.39, 0.29) is 0 Å². The van der Waals surface area contributed by atoms with Crippen LogP contribution in [0.15, 0.2) is 23.0 Å². The lowest BCUT2D eigenvalue weighted by molar-refractivity contribution is 0.300. The topological polar surface area (TPSA) is 22.1 Å². The molecule has 0 aliphatic carbocycles. The molecule has 1 heterocycles. The first kappa shape index (κ1) is 12.1. The number of hydrogen-bond donors (Lipinski definition) is 0. The molecule has 1 aromatic carbocycles. The van der Waals surface area contributed by atoms with Crippen LogP contribution in [0.3, 0.4) is 0 Å². The Labute approximate surface area is 117 Å². The molecule has 0 saturated heterocycles. The van der Waals surface area contributed by atoms with Crippen molar-refractivity contribution in [2.75, 3.05) is 0 Å². The smallest absolute Gasteiger partial charge is 0.134 e. The molecule has 2 aromatic rings. The third kappa shape index (κ3) is 2.87. The van der Waals surface area contributed by atoms with Crippen LogP contribution >= 0.6 is 45.5 Å². The highest BCUT2D eigenvalue weighted by molar-refractivity contribution is 14.1. The number of benzene rings is 1. The molecule has 16 heavy (non-hydrogen) atoms. The van der Waals surface area contributed by atoms with Crippen LogP contribution in [0.1, 0.15) is 11.3 Å². The van der Waals surface area contributed by atoms with Crippen molar-refractivity contribution in [2.45, 2.75) is 13.5 Å². The van der Waals surface area contributed by atoms with E-state index in [9.17, 15) is 0 Å². The molecule has 0 unspecified atom stereocenters. The lowest BCUT2D eigenvalue weighted by Gasteiger charge is -2.09. The van der Waals surface area contributed by atoms with Gasteiger partial charge in [-0.25, -0.2) is 4.98 Å². The molecule has 0 aliphatic heterocycles. The molecule has 0 bridgehead atoms. The molecule has 0 amide bonds. The minimum atomic E-state index is 0.485. The zero-order valence-corrected chi connectivity index (χ0v) is 12.3. The molecule has 1 aromatic heterocycles. The lowest BCUT2D eigenvalue weighted by atomic mass is 10.2. The highest BCUT2D eigenvalue weighted by atomic mass is 127. The van der Waals surface area contributed by atoms with Crippen LogP contribution in [-0.4, -0.2) is 4.98 Å². The van der Waals surface area contributed by atoms with Gasteiger partial charge in [0.2, 0.25) is 0 Å². The van der Waals surface area contributed by atoms with Gasteiger partial charge < -0.3 is 4.74 Å². The van der Waals surface area contributed by atoms with E-state index in [0.717, 1.165) is 20.6 Å². The molecular weight excluding hydrogens is 357 g/mol. The average molecular weight is 366 g/mol. The summed E-state index contributed by atoms with van der Waals surface area (Å²) in [5, 5.41) is 2.68. The Morgan fingerprint density at radius 3 is 3.00 bits per heavy atom. The average Bonchev–Trinajstić information content (AvgIpc) is 2.74. The van der Waals surface area contributed by atoms with Gasteiger partial charge >= 0.3 is 0 Å². The number of rotatable bonds is 3. The normalized spacial score (nSPS) is 10.4. The van der Waals surface area contributed by atoms with Gasteiger partial charge in [0.25, 0.3) is 0 Å². The van der Waals surface area contributed by atoms with Gasteiger partial charge in [-0.3, -0.25) is 0 Å². The van der Waals surface area contributed by atoms with Crippen LogP contribution < -0.4 is 4.74 Å². The van der Waals surface area contributed by atoms with E-state index in [4.69, 9.17) is 16.3 Å². The number of nitrogens with zero attached hydrogens (tertiary/aromatic N) is 1. The number of thiazole rings is 1. The van der Waals surface area contributed by atoms with E-state index < -0.39 is 0 Å². The van der Waals surface area contributed by atoms with Gasteiger partial charge in [-0.2, -0.15) is 0 Å². The van der Waals surface area contributed by atoms with Gasteiger partial charge in [-0.15, -0.1) is 11.3 Å². The third-order valence-electron chi connectivity index (χ3n) is 2.04. The third-order valence-corrected chi connectivity index (χ3v) is 4.28. The van der Waals surface area contributed by atoms with Crippen LogP contribution in [0, 0.1) is 10.5 Å². The van der Waals surface area contributed by atoms with E-state index in [2.05, 4.69) is 27.6 Å². The fourth-order valence-electron chi connectivity index (χ4n) is 1.26. The Kier molecular flexibility index (Phi) is 4.05. The van der Waals surface area contributed by atoms with Crippen molar-refractivity contribution in [1.82, 2.24) is 4.98 Å². The van der Waals surface area contributed by atoms with E-state index >= 15 is 0 Å². The molecule has 0 fully saturated rings. The van der Waals surface area contributed by atoms with Crippen LogP contribution in [0.25, 0.3) is 0 Å². The zero-order valence-electron chi connectivity index (χ0n) is 8.54. The predicted molar refractivity (Wildman–Crippen MR) is 75.4 cm³/mol. The van der Waals surface area contributed by atoms with Crippen molar-refractivity contribution in [2.24, 2.45) is 0 Å². The van der Waals surface area contributed by atoms with E-state index in [1.165, 1.54) is 0 Å². The molecule has 0 N–H and O–H groups in total. The van der Waals surface area contributed by atoms with E-state index in [1.54, 1.807) is 16.8 Å². The van der Waals surface area contributed by atoms with Crippen LogP contribution in [-0.2, 0) is 6.61 Å². The molecule has 2 nitrogen and oxygen atoms in total. The van der Waals surface area contributed by atoms with Gasteiger partial charge in [-0.05, 0) is 47.2 Å². The van der Waals surface area contributed by atoms with Gasteiger partial charge in [0.05, 0.1) is 14.8 Å². The maximum absolute atomic E-state index is 5.99. The zero-order chi connectivity index (χ0) is 11.5. The van der Waals surface area contributed by atoms with Crippen LogP contribution in [0.5, 0.6) is 5.75 Å². The summed E-state index contributed by atoms with van der Waals surface area (Å²) >= 11 is 9.81. The fraction of sp³-hybridized carbons (Fsp3) is 0.182. The second-order valence-electron chi connectivity index (χ2n) is 3.30. The van der Waals surface area contributed by atoms with Gasteiger partial charge in [0.15, 0.2) is 0 Å². The fourth-order valence-corrected chi connectivity index (χ4v) is 2.53. The Morgan fingerprint density at radius 2 is 2.31 bits per heavy atom. The summed E-state index contributed by atoms with van der Waals surface area (Å²) in [6.45, 7) is 2.50. The summed E-state index contributed by atoms with van der Waals surface area (Å²) in [6.07, 6.45) is 0. The standard InChI is InChI=1S/C11H9ClINOS/c1-7-2-8(12)3-10(11(7)13)15-4-9-5-16-6-14-9/h2-3,5-6H,4H2,1H3. The van der Waals surface area contributed by atoms with E-state index in [0.29, 0.717) is 11.6 Å². The second-order valence-corrected chi connectivity index (χ2v) is 5.54. The quantitative estimate of drug-likeness (QED) is 0.757. The Bertz CT molecular complexity index is 487. The maximum Gasteiger partial charge on any atom is 0.134 e. The van der Waals surface area contributed by atoms with Crippen molar-refractivity contribution in [3.05, 3.63) is 42.9 Å². The number of ether oxygens (including phenoxy) is 1. The Hall–Kier alpha value is -0.330. The van der Waals surface area contributed by atoms with Gasteiger partial charge in [0.1, 0.15) is 12.4 Å². The van der Waals surface area contributed by atoms with Crippen molar-refractivity contribution in [1.29, 1.82) is 0 Å². The molecule has 0 radical (unpaired) electrons. The van der Waals surface area contributed by atoms with Crippen molar-refractivity contribution in [3.8, 4) is 5.75 Å². The summed E-state index contributed by atoms with van der Waals surface area (Å²) in [5.41, 5.74) is 3.87. The second kappa shape index (κ2) is 5.33. The Balaban J connectivity index is 2.15. The minimum absolute atomic E-state index is 0.485. The van der Waals surface area contributed by atoms with E-state index in [1.807, 2.05) is 24.4 Å². The molecule has 0 spiro atoms. The van der Waals surface area contributed by atoms with Crippen LogP contribution in [0.2, 0.25) is 5.02 Å². The molecule has 0 saturated carbocycles. The summed E-state index contributed by atoms with van der Waals surface area (Å²) < 4.78 is 6.79. The first-order valence-corrected chi connectivity index (χ1v) is 7.02. The first-order chi connectivity index (χ1) is 7.66. The number of aromatic nitrogens is 1. The SMILES string of the molecule is Cc1cc(Cl)cc(OCc2cscn2)c1I. The molecule has 2 rings (SSSR count). The maximum atomic E-state index is 5.99. The first-order valence-electron chi connectivity index (χ1n) is 4.62.